The molecule has 0 aliphatic heterocycles. The Bertz CT molecular complexity index is 782. The van der Waals surface area contributed by atoms with Crippen molar-refractivity contribution in [2.75, 3.05) is 19.7 Å². The summed E-state index contributed by atoms with van der Waals surface area (Å²) in [5.74, 6) is 1.24. The van der Waals surface area contributed by atoms with Crippen LogP contribution in [0.1, 0.15) is 44.1 Å². The van der Waals surface area contributed by atoms with Gasteiger partial charge in [-0.05, 0) is 73.3 Å². The molecule has 0 unspecified atom stereocenters. The monoisotopic (exact) mass is 410 g/mol. The minimum atomic E-state index is -0.624. The molecule has 5 rings (SSSR count). The van der Waals surface area contributed by atoms with Crippen LogP contribution in [0.5, 0.6) is 0 Å². The number of hydrogen-bond acceptors (Lipinski definition) is 4. The zero-order valence-corrected chi connectivity index (χ0v) is 17.3. The Morgan fingerprint density at radius 3 is 2.23 bits per heavy atom. The molecule has 4 aliphatic rings. The Hall–Kier alpha value is -2.63. The molecule has 0 heterocycles. The molecular formula is C24H30N2O4. The highest BCUT2D eigenvalue weighted by molar-refractivity contribution is 5.93. The lowest BCUT2D eigenvalue weighted by Gasteiger charge is -2.56. The molecule has 4 bridgehead atoms. The number of esters is 1. The molecule has 0 atom stereocenters. The molecule has 0 aromatic heterocycles. The zero-order valence-electron chi connectivity index (χ0n) is 17.3. The van der Waals surface area contributed by atoms with Gasteiger partial charge in [0.2, 0.25) is 5.91 Å². The number of rotatable bonds is 8. The third-order valence-electron chi connectivity index (χ3n) is 6.82. The van der Waals surface area contributed by atoms with Crippen molar-refractivity contribution >= 4 is 23.9 Å². The highest BCUT2D eigenvalue weighted by Crippen LogP contribution is 2.59. The van der Waals surface area contributed by atoms with Gasteiger partial charge >= 0.3 is 5.97 Å². The average Bonchev–Trinajstić information content (AvgIpc) is 2.73. The van der Waals surface area contributed by atoms with Gasteiger partial charge in [-0.15, -0.1) is 0 Å². The smallest absolute Gasteiger partial charge is 0.325 e. The average molecular weight is 411 g/mol. The van der Waals surface area contributed by atoms with E-state index in [2.05, 4.69) is 10.6 Å². The van der Waals surface area contributed by atoms with E-state index < -0.39 is 5.97 Å². The first kappa shape index (κ1) is 20.6. The van der Waals surface area contributed by atoms with Crippen molar-refractivity contribution in [3.63, 3.8) is 0 Å². The van der Waals surface area contributed by atoms with E-state index in [1.54, 1.807) is 6.08 Å². The molecule has 160 valence electrons. The summed E-state index contributed by atoms with van der Waals surface area (Å²) in [5, 5.41) is 5.45. The molecular weight excluding hydrogens is 380 g/mol. The molecule has 2 amide bonds. The van der Waals surface area contributed by atoms with Gasteiger partial charge in [-0.1, -0.05) is 30.3 Å². The van der Waals surface area contributed by atoms with Crippen LogP contribution >= 0.6 is 0 Å². The van der Waals surface area contributed by atoms with E-state index in [0.29, 0.717) is 6.54 Å². The maximum absolute atomic E-state index is 12.2. The molecule has 0 saturated heterocycles. The molecule has 4 aliphatic carbocycles. The summed E-state index contributed by atoms with van der Waals surface area (Å²) < 4.78 is 5.00. The Kier molecular flexibility index (Phi) is 6.21. The molecule has 1 aromatic carbocycles. The Labute approximate surface area is 177 Å². The van der Waals surface area contributed by atoms with Crippen LogP contribution in [0.4, 0.5) is 0 Å². The van der Waals surface area contributed by atoms with Gasteiger partial charge in [-0.25, -0.2) is 0 Å². The van der Waals surface area contributed by atoms with Gasteiger partial charge in [0, 0.05) is 12.6 Å². The number of nitrogens with one attached hydrogen (secondary N) is 2. The molecule has 0 spiro atoms. The van der Waals surface area contributed by atoms with Crippen LogP contribution < -0.4 is 10.6 Å². The van der Waals surface area contributed by atoms with E-state index >= 15 is 0 Å². The van der Waals surface area contributed by atoms with Crippen LogP contribution in [0.15, 0.2) is 36.4 Å². The number of carbonyl (C=O) groups excluding carboxylic acids is 3. The highest BCUT2D eigenvalue weighted by atomic mass is 16.5. The van der Waals surface area contributed by atoms with Crippen molar-refractivity contribution in [1.29, 1.82) is 0 Å². The minimum absolute atomic E-state index is 0.257. The van der Waals surface area contributed by atoms with E-state index in [-0.39, 0.29) is 30.4 Å². The van der Waals surface area contributed by atoms with Crippen LogP contribution in [0.2, 0.25) is 0 Å². The summed E-state index contributed by atoms with van der Waals surface area (Å²) in [7, 11) is 0. The molecule has 0 radical (unpaired) electrons. The standard InChI is InChI=1S/C24H30N2O4/c27-21(7-6-17-4-2-1-3-5-17)25-14-23(29)30-15-22(28)26-16-24-11-18-8-19(12-24)10-20(9-18)13-24/h1-7,18-20H,8-16H2,(H,25,27)(H,26,28)/b7-6+. The second-order valence-corrected chi connectivity index (χ2v) is 9.32. The van der Waals surface area contributed by atoms with E-state index in [1.807, 2.05) is 30.3 Å². The quantitative estimate of drug-likeness (QED) is 0.510. The first-order valence-electron chi connectivity index (χ1n) is 10.9. The fourth-order valence-electron chi connectivity index (χ4n) is 5.99. The van der Waals surface area contributed by atoms with Gasteiger partial charge in [0.1, 0.15) is 6.54 Å². The summed E-state index contributed by atoms with van der Waals surface area (Å²) in [6, 6.07) is 9.40. The molecule has 2 N–H and O–H groups in total. The number of hydrogen-bond donors (Lipinski definition) is 2. The van der Waals surface area contributed by atoms with Crippen LogP contribution in [0.25, 0.3) is 6.08 Å². The molecule has 4 fully saturated rings. The van der Waals surface area contributed by atoms with E-state index in [0.717, 1.165) is 23.3 Å². The van der Waals surface area contributed by atoms with Crippen LogP contribution in [-0.4, -0.2) is 37.5 Å². The molecule has 6 nitrogen and oxygen atoms in total. The van der Waals surface area contributed by atoms with E-state index in [4.69, 9.17) is 4.74 Å². The summed E-state index contributed by atoms with van der Waals surface area (Å²) in [4.78, 5) is 35.7. The molecule has 4 saturated carbocycles. The lowest BCUT2D eigenvalue weighted by molar-refractivity contribution is -0.148. The summed E-state index contributed by atoms with van der Waals surface area (Å²) >= 11 is 0. The lowest BCUT2D eigenvalue weighted by atomic mass is 9.49. The third kappa shape index (κ3) is 5.29. The van der Waals surface area contributed by atoms with Crippen molar-refractivity contribution in [3.05, 3.63) is 42.0 Å². The largest absolute Gasteiger partial charge is 0.454 e. The molecule has 30 heavy (non-hydrogen) atoms. The predicted molar refractivity (Wildman–Crippen MR) is 113 cm³/mol. The lowest BCUT2D eigenvalue weighted by Crippen LogP contribution is -2.51. The van der Waals surface area contributed by atoms with Gasteiger partial charge in [0.15, 0.2) is 6.61 Å². The van der Waals surface area contributed by atoms with Crippen molar-refractivity contribution < 1.29 is 19.1 Å². The Morgan fingerprint density at radius 2 is 1.60 bits per heavy atom. The highest BCUT2D eigenvalue weighted by Gasteiger charge is 2.50. The Morgan fingerprint density at radius 1 is 0.967 bits per heavy atom. The molecule has 6 heteroatoms. The second kappa shape index (κ2) is 9.02. The van der Waals surface area contributed by atoms with Crippen LogP contribution in [0.3, 0.4) is 0 Å². The van der Waals surface area contributed by atoms with Gasteiger partial charge < -0.3 is 15.4 Å². The second-order valence-electron chi connectivity index (χ2n) is 9.32. The summed E-state index contributed by atoms with van der Waals surface area (Å²) in [6.07, 6.45) is 10.8. The number of amides is 2. The Balaban J connectivity index is 1.13. The van der Waals surface area contributed by atoms with Crippen LogP contribution in [0, 0.1) is 23.2 Å². The third-order valence-corrected chi connectivity index (χ3v) is 6.82. The van der Waals surface area contributed by atoms with Gasteiger partial charge in [0.05, 0.1) is 0 Å². The normalized spacial score (nSPS) is 29.0. The summed E-state index contributed by atoms with van der Waals surface area (Å²) in [6.45, 7) is 0.120. The number of ether oxygens (including phenoxy) is 1. The van der Waals surface area contributed by atoms with Crippen molar-refractivity contribution in [3.8, 4) is 0 Å². The van der Waals surface area contributed by atoms with Gasteiger partial charge in [-0.2, -0.15) is 0 Å². The fraction of sp³-hybridized carbons (Fsp3) is 0.542. The topological polar surface area (TPSA) is 84.5 Å². The number of benzene rings is 1. The SMILES string of the molecule is O=C(/C=C/c1ccccc1)NCC(=O)OCC(=O)NCC12CC3CC(CC(C3)C1)C2. The fourth-order valence-corrected chi connectivity index (χ4v) is 5.99. The molecule has 1 aromatic rings. The summed E-state index contributed by atoms with van der Waals surface area (Å²) in [5.41, 5.74) is 1.15. The van der Waals surface area contributed by atoms with E-state index in [9.17, 15) is 14.4 Å². The van der Waals surface area contributed by atoms with Gasteiger partial charge in [-0.3, -0.25) is 14.4 Å². The van der Waals surface area contributed by atoms with Crippen LogP contribution in [-0.2, 0) is 19.1 Å². The minimum Gasteiger partial charge on any atom is -0.454 e. The maximum Gasteiger partial charge on any atom is 0.325 e. The van der Waals surface area contributed by atoms with Crippen molar-refractivity contribution in [2.24, 2.45) is 23.2 Å². The van der Waals surface area contributed by atoms with E-state index in [1.165, 1.54) is 44.6 Å². The number of carbonyl (C=O) groups is 3. The predicted octanol–water partition coefficient (Wildman–Crippen LogP) is 2.69. The van der Waals surface area contributed by atoms with Gasteiger partial charge in [0.25, 0.3) is 5.91 Å². The first-order valence-corrected chi connectivity index (χ1v) is 10.9. The zero-order chi connectivity index (χ0) is 21.0. The van der Waals surface area contributed by atoms with Crippen molar-refractivity contribution in [2.45, 2.75) is 38.5 Å². The van der Waals surface area contributed by atoms with Crippen molar-refractivity contribution in [1.82, 2.24) is 10.6 Å². The maximum atomic E-state index is 12.2. The first-order chi connectivity index (χ1) is 14.5.